The van der Waals surface area contributed by atoms with E-state index in [4.69, 9.17) is 0 Å². The van der Waals surface area contributed by atoms with E-state index in [-0.39, 0.29) is 6.10 Å². The summed E-state index contributed by atoms with van der Waals surface area (Å²) in [5.74, 6) is 2.85. The van der Waals surface area contributed by atoms with E-state index in [9.17, 15) is 5.11 Å². The first-order valence-electron chi connectivity index (χ1n) is 8.90. The summed E-state index contributed by atoms with van der Waals surface area (Å²) in [5, 5.41) is 10.9. The Kier molecular flexibility index (Phi) is 2.91. The Morgan fingerprint density at radius 1 is 1.05 bits per heavy atom. The minimum Gasteiger partial charge on any atom is -0.393 e. The Morgan fingerprint density at radius 2 is 1.90 bits per heavy atom. The van der Waals surface area contributed by atoms with Gasteiger partial charge in [0.1, 0.15) is 0 Å². The fourth-order valence-electron chi connectivity index (χ4n) is 6.78. The molecule has 3 fully saturated rings. The lowest BCUT2D eigenvalue weighted by Gasteiger charge is -2.60. The van der Waals surface area contributed by atoms with E-state index in [0.29, 0.717) is 16.7 Å². The van der Waals surface area contributed by atoms with Gasteiger partial charge in [0.2, 0.25) is 0 Å². The highest BCUT2D eigenvalue weighted by atomic mass is 16.3. The van der Waals surface area contributed by atoms with E-state index in [1.807, 2.05) is 0 Å². The molecule has 112 valence electrons. The van der Waals surface area contributed by atoms with Crippen LogP contribution in [-0.4, -0.2) is 11.2 Å². The van der Waals surface area contributed by atoms with Gasteiger partial charge in [-0.1, -0.05) is 32.4 Å². The summed E-state index contributed by atoms with van der Waals surface area (Å²) in [6, 6.07) is 0. The normalized spacial score (nSPS) is 57.9. The van der Waals surface area contributed by atoms with Crippen LogP contribution in [0.4, 0.5) is 0 Å². The third-order valence-corrected chi connectivity index (χ3v) is 7.92. The van der Waals surface area contributed by atoms with Crippen molar-refractivity contribution in [2.24, 2.45) is 34.5 Å². The molecule has 20 heavy (non-hydrogen) atoms. The minimum atomic E-state index is -0.0210. The van der Waals surface area contributed by atoms with Gasteiger partial charge in [-0.2, -0.15) is 0 Å². The molecule has 7 atom stereocenters. The van der Waals surface area contributed by atoms with Crippen LogP contribution in [0, 0.1) is 34.5 Å². The van der Waals surface area contributed by atoms with Crippen LogP contribution >= 0.6 is 0 Å². The average Bonchev–Trinajstić information content (AvgIpc) is 2.81. The van der Waals surface area contributed by atoms with Crippen molar-refractivity contribution >= 4 is 0 Å². The number of rotatable bonds is 0. The Labute approximate surface area is 123 Å². The van der Waals surface area contributed by atoms with Gasteiger partial charge < -0.3 is 5.11 Å². The zero-order valence-electron chi connectivity index (χ0n) is 13.1. The second-order valence-corrected chi connectivity index (χ2v) is 8.72. The Morgan fingerprint density at radius 3 is 2.75 bits per heavy atom. The number of hydrogen-bond donors (Lipinski definition) is 1. The van der Waals surface area contributed by atoms with E-state index >= 15 is 0 Å². The topological polar surface area (TPSA) is 20.2 Å². The summed E-state index contributed by atoms with van der Waals surface area (Å²) < 4.78 is 0. The first kappa shape index (κ1) is 13.4. The predicted octanol–water partition coefficient (Wildman–Crippen LogP) is 4.56. The number of allylic oxidation sites excluding steroid dienone is 2. The van der Waals surface area contributed by atoms with Gasteiger partial charge in [-0.25, -0.2) is 0 Å². The second-order valence-electron chi connectivity index (χ2n) is 8.72. The fourth-order valence-corrected chi connectivity index (χ4v) is 6.78. The molecule has 1 N–H and O–H groups in total. The Hall–Kier alpha value is -0.300. The second kappa shape index (κ2) is 4.35. The average molecular weight is 274 g/mol. The summed E-state index contributed by atoms with van der Waals surface area (Å²) in [5.41, 5.74) is 0.926. The molecule has 3 saturated carbocycles. The van der Waals surface area contributed by atoms with E-state index in [1.165, 1.54) is 44.9 Å². The third kappa shape index (κ3) is 1.65. The summed E-state index contributed by atoms with van der Waals surface area (Å²) in [4.78, 5) is 0. The minimum absolute atomic E-state index is 0.0210. The smallest absolute Gasteiger partial charge is 0.0577 e. The highest BCUT2D eigenvalue weighted by Gasteiger charge is 2.59. The molecule has 0 aromatic carbocycles. The monoisotopic (exact) mass is 274 g/mol. The maximum absolute atomic E-state index is 10.9. The molecule has 1 heteroatoms. The zero-order valence-corrected chi connectivity index (χ0v) is 13.1. The summed E-state index contributed by atoms with van der Waals surface area (Å²) in [6.07, 6.45) is 15.5. The summed E-state index contributed by atoms with van der Waals surface area (Å²) in [7, 11) is 0. The standard InChI is InChI=1S/C19H30O/c1-18-9-5-7-14(18)17-15(8-11-18)19(2)10-4-3-6-13(19)12-16(17)20/h4,10,13-17,20H,3,5-9,11-12H2,1-2H3/t13?,14-,15+,16?,17-,18-,19-/m0/s1. The predicted molar refractivity (Wildman–Crippen MR) is 82.3 cm³/mol. The molecule has 0 bridgehead atoms. The molecule has 0 aromatic heterocycles. The molecule has 4 aliphatic carbocycles. The molecule has 4 aliphatic rings. The highest BCUT2D eigenvalue weighted by Crippen LogP contribution is 2.65. The number of aliphatic hydroxyl groups excluding tert-OH is 1. The van der Waals surface area contributed by atoms with Crippen molar-refractivity contribution in [3.05, 3.63) is 12.2 Å². The van der Waals surface area contributed by atoms with Gasteiger partial charge in [-0.3, -0.25) is 0 Å². The van der Waals surface area contributed by atoms with Gasteiger partial charge in [-0.05, 0) is 79.4 Å². The Balaban J connectivity index is 1.72. The maximum atomic E-state index is 10.9. The molecule has 0 aromatic rings. The van der Waals surface area contributed by atoms with Crippen LogP contribution in [0.5, 0.6) is 0 Å². The molecule has 0 aliphatic heterocycles. The number of aliphatic hydroxyl groups is 1. The molecular weight excluding hydrogens is 244 g/mol. The maximum Gasteiger partial charge on any atom is 0.0577 e. The van der Waals surface area contributed by atoms with Crippen LogP contribution in [0.3, 0.4) is 0 Å². The number of hydrogen-bond acceptors (Lipinski definition) is 1. The lowest BCUT2D eigenvalue weighted by molar-refractivity contribution is -0.132. The summed E-state index contributed by atoms with van der Waals surface area (Å²) in [6.45, 7) is 5.02. The van der Waals surface area contributed by atoms with E-state index in [2.05, 4.69) is 26.0 Å². The Bertz CT molecular complexity index is 427. The molecule has 2 unspecified atom stereocenters. The lowest BCUT2D eigenvalue weighted by Crippen LogP contribution is -2.56. The SMILES string of the molecule is C[C@@]12CCC[C@H]1[C@@H]1C(O)CC3CCC=C[C@]3(C)[C@@H]1CC2. The lowest BCUT2D eigenvalue weighted by atomic mass is 9.46. The highest BCUT2D eigenvalue weighted by molar-refractivity contribution is 5.16. The van der Waals surface area contributed by atoms with Crippen molar-refractivity contribution in [2.45, 2.75) is 71.3 Å². The molecule has 0 saturated heterocycles. The molecule has 0 spiro atoms. The third-order valence-electron chi connectivity index (χ3n) is 7.92. The van der Waals surface area contributed by atoms with E-state index in [1.54, 1.807) is 0 Å². The van der Waals surface area contributed by atoms with Crippen molar-refractivity contribution in [2.75, 3.05) is 0 Å². The van der Waals surface area contributed by atoms with Gasteiger partial charge >= 0.3 is 0 Å². The van der Waals surface area contributed by atoms with Crippen LogP contribution < -0.4 is 0 Å². The van der Waals surface area contributed by atoms with Gasteiger partial charge in [-0.15, -0.1) is 0 Å². The van der Waals surface area contributed by atoms with E-state index < -0.39 is 0 Å². The zero-order chi connectivity index (χ0) is 14.0. The van der Waals surface area contributed by atoms with Crippen molar-refractivity contribution in [3.63, 3.8) is 0 Å². The number of fused-ring (bicyclic) bond motifs is 5. The van der Waals surface area contributed by atoms with Gasteiger partial charge in [0, 0.05) is 0 Å². The molecule has 0 radical (unpaired) electrons. The van der Waals surface area contributed by atoms with Crippen LogP contribution in [0.15, 0.2) is 12.2 Å². The van der Waals surface area contributed by atoms with Crippen molar-refractivity contribution < 1.29 is 5.11 Å². The molecule has 0 heterocycles. The first-order chi connectivity index (χ1) is 9.55. The molecular formula is C19H30O. The quantitative estimate of drug-likeness (QED) is 0.642. The van der Waals surface area contributed by atoms with Crippen molar-refractivity contribution in [1.29, 1.82) is 0 Å². The van der Waals surface area contributed by atoms with Crippen molar-refractivity contribution in [1.82, 2.24) is 0 Å². The van der Waals surface area contributed by atoms with E-state index in [0.717, 1.165) is 24.2 Å². The van der Waals surface area contributed by atoms with Crippen LogP contribution in [0.25, 0.3) is 0 Å². The fraction of sp³-hybridized carbons (Fsp3) is 0.895. The van der Waals surface area contributed by atoms with Crippen LogP contribution in [0.2, 0.25) is 0 Å². The van der Waals surface area contributed by atoms with Crippen LogP contribution in [0.1, 0.15) is 65.2 Å². The molecule has 1 nitrogen and oxygen atoms in total. The summed E-state index contributed by atoms with van der Waals surface area (Å²) >= 11 is 0. The van der Waals surface area contributed by atoms with Gasteiger partial charge in [0.05, 0.1) is 6.10 Å². The van der Waals surface area contributed by atoms with Crippen LogP contribution in [-0.2, 0) is 0 Å². The van der Waals surface area contributed by atoms with Crippen molar-refractivity contribution in [3.8, 4) is 0 Å². The first-order valence-corrected chi connectivity index (χ1v) is 8.90. The van der Waals surface area contributed by atoms with Gasteiger partial charge in [0.15, 0.2) is 0 Å². The molecule has 4 rings (SSSR count). The largest absolute Gasteiger partial charge is 0.393 e. The molecule has 0 amide bonds. The van der Waals surface area contributed by atoms with Gasteiger partial charge in [0.25, 0.3) is 0 Å².